The number of rotatable bonds is 4. The standard InChI is InChI=1S/C20H22N2O4/c1-25-18(23)20(19(24)26-2)16(12-5-3-7-14(21)9-12)11-17(20)13-6-4-8-15(22)10-13/h3-10,16-17H,11,21-22H2,1-2H3. The smallest absolute Gasteiger partial charge is 0.324 e. The van der Waals surface area contributed by atoms with Crippen molar-refractivity contribution in [1.82, 2.24) is 0 Å². The van der Waals surface area contributed by atoms with E-state index in [0.29, 0.717) is 17.8 Å². The number of hydrogen-bond acceptors (Lipinski definition) is 6. The Labute approximate surface area is 152 Å². The lowest BCUT2D eigenvalue weighted by Crippen LogP contribution is -2.57. The van der Waals surface area contributed by atoms with E-state index in [2.05, 4.69) is 0 Å². The lowest BCUT2D eigenvalue weighted by atomic mass is 9.49. The Bertz CT molecular complexity index is 780. The van der Waals surface area contributed by atoms with Gasteiger partial charge >= 0.3 is 11.9 Å². The number of nitrogens with two attached hydrogens (primary N) is 2. The summed E-state index contributed by atoms with van der Waals surface area (Å²) in [7, 11) is 2.55. The van der Waals surface area contributed by atoms with Crippen molar-refractivity contribution in [3.63, 3.8) is 0 Å². The molecule has 136 valence electrons. The van der Waals surface area contributed by atoms with E-state index < -0.39 is 29.2 Å². The molecule has 2 atom stereocenters. The Morgan fingerprint density at radius 1 is 0.885 bits per heavy atom. The predicted octanol–water partition coefficient (Wildman–Crippen LogP) is 2.45. The maximum atomic E-state index is 12.9. The number of methoxy groups -OCH3 is 2. The van der Waals surface area contributed by atoms with Crippen LogP contribution in [0.2, 0.25) is 0 Å². The molecular weight excluding hydrogens is 332 g/mol. The maximum absolute atomic E-state index is 12.9. The molecule has 6 nitrogen and oxygen atoms in total. The Kier molecular flexibility index (Phi) is 4.59. The largest absolute Gasteiger partial charge is 0.468 e. The van der Waals surface area contributed by atoms with E-state index in [1.807, 2.05) is 12.1 Å². The molecule has 0 amide bonds. The van der Waals surface area contributed by atoms with Crippen LogP contribution in [0, 0.1) is 5.41 Å². The summed E-state index contributed by atoms with van der Waals surface area (Å²) in [5, 5.41) is 0. The fourth-order valence-corrected chi connectivity index (χ4v) is 4.03. The van der Waals surface area contributed by atoms with Gasteiger partial charge in [0.2, 0.25) is 0 Å². The minimum Gasteiger partial charge on any atom is -0.468 e. The van der Waals surface area contributed by atoms with Crippen LogP contribution in [0.15, 0.2) is 48.5 Å². The summed E-state index contributed by atoms with van der Waals surface area (Å²) in [5.41, 5.74) is 13.1. The third kappa shape index (κ3) is 2.58. The summed E-state index contributed by atoms with van der Waals surface area (Å²) in [4.78, 5) is 25.7. The molecule has 3 rings (SSSR count). The minimum absolute atomic E-state index is 0.391. The summed E-state index contributed by atoms with van der Waals surface area (Å²) in [6.07, 6.45) is 0.580. The molecule has 0 aliphatic heterocycles. The highest BCUT2D eigenvalue weighted by Gasteiger charge is 2.67. The lowest BCUT2D eigenvalue weighted by molar-refractivity contribution is -0.181. The highest BCUT2D eigenvalue weighted by molar-refractivity contribution is 6.04. The summed E-state index contributed by atoms with van der Waals surface area (Å²) >= 11 is 0. The van der Waals surface area contributed by atoms with Crippen LogP contribution in [0.4, 0.5) is 11.4 Å². The Morgan fingerprint density at radius 2 is 1.31 bits per heavy atom. The second-order valence-electron chi connectivity index (χ2n) is 6.53. The van der Waals surface area contributed by atoms with Gasteiger partial charge in [-0.3, -0.25) is 9.59 Å². The Hall–Kier alpha value is -3.02. The van der Waals surface area contributed by atoms with Crippen molar-refractivity contribution >= 4 is 23.3 Å². The molecule has 0 radical (unpaired) electrons. The van der Waals surface area contributed by atoms with Gasteiger partial charge in [-0.1, -0.05) is 24.3 Å². The van der Waals surface area contributed by atoms with Crippen molar-refractivity contribution in [2.24, 2.45) is 5.41 Å². The zero-order chi connectivity index (χ0) is 18.9. The molecule has 2 unspecified atom stereocenters. The molecule has 1 fully saturated rings. The van der Waals surface area contributed by atoms with E-state index in [4.69, 9.17) is 20.9 Å². The highest BCUT2D eigenvalue weighted by atomic mass is 16.5. The number of esters is 2. The van der Waals surface area contributed by atoms with Crippen molar-refractivity contribution in [2.45, 2.75) is 18.3 Å². The summed E-state index contributed by atoms with van der Waals surface area (Å²) in [6, 6.07) is 14.4. The average molecular weight is 354 g/mol. The van der Waals surface area contributed by atoms with Gasteiger partial charge in [-0.25, -0.2) is 0 Å². The Morgan fingerprint density at radius 3 is 1.65 bits per heavy atom. The summed E-state index contributed by atoms with van der Waals surface area (Å²) < 4.78 is 10.1. The van der Waals surface area contributed by atoms with Crippen molar-refractivity contribution in [2.75, 3.05) is 25.7 Å². The van der Waals surface area contributed by atoms with Crippen LogP contribution in [0.3, 0.4) is 0 Å². The third-order valence-electron chi connectivity index (χ3n) is 5.24. The van der Waals surface area contributed by atoms with Crippen molar-refractivity contribution in [1.29, 1.82) is 0 Å². The molecule has 26 heavy (non-hydrogen) atoms. The van der Waals surface area contributed by atoms with Gasteiger partial charge in [-0.05, 0) is 41.8 Å². The first-order valence-electron chi connectivity index (χ1n) is 8.32. The van der Waals surface area contributed by atoms with Gasteiger partial charge in [0.1, 0.15) is 0 Å². The molecular formula is C20H22N2O4. The monoisotopic (exact) mass is 354 g/mol. The molecule has 0 saturated heterocycles. The summed E-state index contributed by atoms with van der Waals surface area (Å²) in [6.45, 7) is 0. The van der Waals surface area contributed by atoms with Gasteiger partial charge in [0.05, 0.1) is 14.2 Å². The highest BCUT2D eigenvalue weighted by Crippen LogP contribution is 2.63. The first kappa shape index (κ1) is 17.8. The molecule has 0 heterocycles. The molecule has 0 bridgehead atoms. The zero-order valence-corrected chi connectivity index (χ0v) is 14.8. The first-order chi connectivity index (χ1) is 12.4. The second-order valence-corrected chi connectivity index (χ2v) is 6.53. The molecule has 6 heteroatoms. The number of carbonyl (C=O) groups is 2. The SMILES string of the molecule is COC(=O)C1(C(=O)OC)C(c2cccc(N)c2)CC1c1cccc(N)c1. The quantitative estimate of drug-likeness (QED) is 0.496. The molecule has 4 N–H and O–H groups in total. The number of benzene rings is 2. The van der Waals surface area contributed by atoms with E-state index in [0.717, 1.165) is 11.1 Å². The van der Waals surface area contributed by atoms with Crippen molar-refractivity contribution in [3.8, 4) is 0 Å². The predicted molar refractivity (Wildman–Crippen MR) is 98.3 cm³/mol. The van der Waals surface area contributed by atoms with Crippen LogP contribution < -0.4 is 11.5 Å². The van der Waals surface area contributed by atoms with E-state index in [1.165, 1.54) is 14.2 Å². The van der Waals surface area contributed by atoms with E-state index >= 15 is 0 Å². The number of nitrogen functional groups attached to an aromatic ring is 2. The first-order valence-corrected chi connectivity index (χ1v) is 8.32. The Balaban J connectivity index is 2.15. The third-order valence-corrected chi connectivity index (χ3v) is 5.24. The van der Waals surface area contributed by atoms with Gasteiger partial charge < -0.3 is 20.9 Å². The van der Waals surface area contributed by atoms with Gasteiger partial charge in [0.15, 0.2) is 5.41 Å². The minimum atomic E-state index is -1.47. The zero-order valence-electron chi connectivity index (χ0n) is 14.8. The topological polar surface area (TPSA) is 105 Å². The normalized spacial score (nSPS) is 20.7. The van der Waals surface area contributed by atoms with Crippen molar-refractivity contribution in [3.05, 3.63) is 59.7 Å². The molecule has 1 aliphatic carbocycles. The number of ether oxygens (including phenoxy) is 2. The van der Waals surface area contributed by atoms with E-state index in [-0.39, 0.29) is 0 Å². The van der Waals surface area contributed by atoms with Crippen LogP contribution >= 0.6 is 0 Å². The van der Waals surface area contributed by atoms with Gasteiger partial charge in [0, 0.05) is 23.2 Å². The molecule has 2 aromatic carbocycles. The fraction of sp³-hybridized carbons (Fsp3) is 0.300. The van der Waals surface area contributed by atoms with Gasteiger partial charge in [-0.15, -0.1) is 0 Å². The second kappa shape index (κ2) is 6.71. The number of hydrogen-bond donors (Lipinski definition) is 2. The molecule has 0 spiro atoms. The van der Waals surface area contributed by atoms with Crippen LogP contribution in [-0.4, -0.2) is 26.2 Å². The van der Waals surface area contributed by atoms with Gasteiger partial charge in [-0.2, -0.15) is 0 Å². The van der Waals surface area contributed by atoms with Crippen LogP contribution in [0.25, 0.3) is 0 Å². The molecule has 1 aliphatic rings. The molecule has 0 aromatic heterocycles. The van der Waals surface area contributed by atoms with Crippen LogP contribution in [-0.2, 0) is 19.1 Å². The number of carbonyl (C=O) groups excluding carboxylic acids is 2. The molecule has 2 aromatic rings. The lowest BCUT2D eigenvalue weighted by Gasteiger charge is -2.51. The van der Waals surface area contributed by atoms with Crippen LogP contribution in [0.5, 0.6) is 0 Å². The van der Waals surface area contributed by atoms with Crippen molar-refractivity contribution < 1.29 is 19.1 Å². The maximum Gasteiger partial charge on any atom is 0.324 e. The average Bonchev–Trinajstić information content (AvgIpc) is 2.61. The van der Waals surface area contributed by atoms with Crippen LogP contribution in [0.1, 0.15) is 29.4 Å². The fourth-order valence-electron chi connectivity index (χ4n) is 4.03. The van der Waals surface area contributed by atoms with E-state index in [9.17, 15) is 9.59 Å². The van der Waals surface area contributed by atoms with E-state index in [1.54, 1.807) is 36.4 Å². The van der Waals surface area contributed by atoms with Gasteiger partial charge in [0.25, 0.3) is 0 Å². The number of anilines is 2. The summed E-state index contributed by atoms with van der Waals surface area (Å²) in [5.74, 6) is -2.01. The molecule has 1 saturated carbocycles.